The number of rotatable bonds is 2. The molecule has 25 heavy (non-hydrogen) atoms. The summed E-state index contributed by atoms with van der Waals surface area (Å²) in [6, 6.07) is 7.22. The van der Waals surface area contributed by atoms with Gasteiger partial charge in [0.2, 0.25) is 0 Å². The minimum atomic E-state index is -0.591. The molecule has 7 heteroatoms. The van der Waals surface area contributed by atoms with Crippen molar-refractivity contribution >= 4 is 50.5 Å². The summed E-state index contributed by atoms with van der Waals surface area (Å²) < 4.78 is 0. The van der Waals surface area contributed by atoms with Crippen molar-refractivity contribution in [3.63, 3.8) is 0 Å². The van der Waals surface area contributed by atoms with E-state index in [1.807, 2.05) is 12.1 Å². The van der Waals surface area contributed by atoms with E-state index in [4.69, 9.17) is 23.1 Å². The number of aryl methyl sites for hydroxylation is 1. The van der Waals surface area contributed by atoms with Crippen LogP contribution in [0.1, 0.15) is 38.6 Å². The Morgan fingerprint density at radius 3 is 2.56 bits per heavy atom. The van der Waals surface area contributed by atoms with Gasteiger partial charge in [0.25, 0.3) is 5.91 Å². The second kappa shape index (κ2) is 5.82. The third-order valence-corrected chi connectivity index (χ3v) is 5.77. The van der Waals surface area contributed by atoms with Crippen molar-refractivity contribution in [3.8, 4) is 11.1 Å². The number of pyridine rings is 1. The number of hydrogen-bond donors (Lipinski definition) is 2. The summed E-state index contributed by atoms with van der Waals surface area (Å²) in [6.07, 6.45) is 1.97. The summed E-state index contributed by atoms with van der Waals surface area (Å²) in [5.41, 5.74) is 14.9. The van der Waals surface area contributed by atoms with Gasteiger partial charge in [-0.25, -0.2) is 4.98 Å². The third-order valence-electron chi connectivity index (χ3n) is 4.40. The molecule has 1 aromatic carbocycles. The monoisotopic (exact) mass is 371 g/mol. The molecule has 0 atom stereocenters. The fourth-order valence-electron chi connectivity index (χ4n) is 3.31. The van der Waals surface area contributed by atoms with E-state index in [1.54, 1.807) is 12.1 Å². The first-order valence-electron chi connectivity index (χ1n) is 7.81. The fraction of sp³-hybridized carbons (Fsp3) is 0.167. The minimum absolute atomic E-state index is 0.0480. The van der Waals surface area contributed by atoms with Crippen molar-refractivity contribution < 1.29 is 9.59 Å². The van der Waals surface area contributed by atoms with Crippen LogP contribution in [0.5, 0.6) is 0 Å². The molecule has 4 N–H and O–H groups in total. The fourth-order valence-corrected chi connectivity index (χ4v) is 4.41. The van der Waals surface area contributed by atoms with E-state index < -0.39 is 5.91 Å². The Kier molecular flexibility index (Phi) is 3.74. The topological polar surface area (TPSA) is 99.1 Å². The number of nitrogens with two attached hydrogens (primary N) is 2. The van der Waals surface area contributed by atoms with Crippen LogP contribution in [0.3, 0.4) is 0 Å². The first kappa shape index (κ1) is 16.1. The van der Waals surface area contributed by atoms with Gasteiger partial charge >= 0.3 is 0 Å². The van der Waals surface area contributed by atoms with Gasteiger partial charge in [-0.2, -0.15) is 0 Å². The number of fused-ring (bicyclic) bond motifs is 2. The van der Waals surface area contributed by atoms with Crippen LogP contribution >= 0.6 is 22.9 Å². The number of carbonyl (C=O) groups is 2. The molecule has 4 rings (SSSR count). The number of Topliss-reactive ketones (excluding diaryl/α,β-unsaturated/α-hetero) is 1. The van der Waals surface area contributed by atoms with Crippen LogP contribution in [0.4, 0.5) is 5.69 Å². The number of halogens is 1. The van der Waals surface area contributed by atoms with Gasteiger partial charge in [0.1, 0.15) is 9.71 Å². The maximum atomic E-state index is 12.6. The number of amides is 1. The average molecular weight is 372 g/mol. The molecular formula is C18H14ClN3O2S. The molecule has 0 spiro atoms. The second-order valence-corrected chi connectivity index (χ2v) is 7.42. The van der Waals surface area contributed by atoms with E-state index in [2.05, 4.69) is 4.98 Å². The number of nitrogens with zero attached hydrogens (tertiary/aromatic N) is 1. The Morgan fingerprint density at radius 1 is 1.16 bits per heavy atom. The minimum Gasteiger partial charge on any atom is -0.397 e. The lowest BCUT2D eigenvalue weighted by atomic mass is 9.86. The maximum Gasteiger partial charge on any atom is 0.260 e. The number of anilines is 1. The zero-order valence-electron chi connectivity index (χ0n) is 13.1. The van der Waals surface area contributed by atoms with Crippen molar-refractivity contribution in [2.45, 2.75) is 19.3 Å². The zero-order valence-corrected chi connectivity index (χ0v) is 14.7. The van der Waals surface area contributed by atoms with Crippen molar-refractivity contribution in [2.24, 2.45) is 5.73 Å². The van der Waals surface area contributed by atoms with Crippen LogP contribution in [0.2, 0.25) is 5.02 Å². The lowest BCUT2D eigenvalue weighted by molar-refractivity contribution is 0.0970. The molecule has 2 aromatic heterocycles. The van der Waals surface area contributed by atoms with E-state index in [-0.39, 0.29) is 16.3 Å². The van der Waals surface area contributed by atoms with Gasteiger partial charge in [-0.15, -0.1) is 11.3 Å². The largest absolute Gasteiger partial charge is 0.397 e. The third kappa shape index (κ3) is 2.49. The summed E-state index contributed by atoms with van der Waals surface area (Å²) in [4.78, 5) is 29.9. The highest BCUT2D eigenvalue weighted by Crippen LogP contribution is 2.43. The quantitative estimate of drug-likeness (QED) is 0.715. The van der Waals surface area contributed by atoms with Gasteiger partial charge in [-0.05, 0) is 30.5 Å². The van der Waals surface area contributed by atoms with E-state index in [9.17, 15) is 9.59 Å². The van der Waals surface area contributed by atoms with Crippen LogP contribution in [0, 0.1) is 0 Å². The molecule has 1 amide bonds. The standard InChI is InChI=1S/C18H14ClN3O2S/c19-9-6-4-8(5-7-9)12-13-10(2-1-3-11(13)23)22-18-14(12)15(20)16(25-18)17(21)24/h4-7H,1-3,20H2,(H2,21,24). The molecule has 126 valence electrons. The SMILES string of the molecule is NC(=O)c1sc2nc3c(c(-c4ccc(Cl)cc4)c2c1N)C(=O)CCC3. The molecule has 5 nitrogen and oxygen atoms in total. The molecule has 0 fully saturated rings. The lowest BCUT2D eigenvalue weighted by Crippen LogP contribution is -2.14. The molecule has 0 unspecified atom stereocenters. The first-order chi connectivity index (χ1) is 12.0. The van der Waals surface area contributed by atoms with E-state index in [0.29, 0.717) is 27.2 Å². The second-order valence-electron chi connectivity index (χ2n) is 5.98. The molecule has 1 aliphatic carbocycles. The van der Waals surface area contributed by atoms with E-state index >= 15 is 0 Å². The Balaban J connectivity index is 2.15. The normalized spacial score (nSPS) is 13.9. The number of thiophene rings is 1. The van der Waals surface area contributed by atoms with Crippen molar-refractivity contribution in [1.82, 2.24) is 4.98 Å². The molecule has 0 bridgehead atoms. The predicted molar refractivity (Wildman–Crippen MR) is 100 cm³/mol. The molecular weight excluding hydrogens is 358 g/mol. The van der Waals surface area contributed by atoms with Crippen molar-refractivity contribution in [2.75, 3.05) is 5.73 Å². The summed E-state index contributed by atoms with van der Waals surface area (Å²) in [6.45, 7) is 0. The van der Waals surface area contributed by atoms with Crippen LogP contribution in [-0.2, 0) is 6.42 Å². The van der Waals surface area contributed by atoms with Crippen molar-refractivity contribution in [3.05, 3.63) is 45.4 Å². The molecule has 0 saturated heterocycles. The van der Waals surface area contributed by atoms with Gasteiger partial charge in [-0.3, -0.25) is 9.59 Å². The number of primary amides is 1. The predicted octanol–water partition coefficient (Wildman–Crippen LogP) is 3.82. The number of carbonyl (C=O) groups excluding carboxylic acids is 2. The maximum absolute atomic E-state index is 12.6. The average Bonchev–Trinajstić information content (AvgIpc) is 2.91. The van der Waals surface area contributed by atoms with E-state index in [1.165, 1.54) is 11.3 Å². The number of benzene rings is 1. The molecule has 2 heterocycles. The van der Waals surface area contributed by atoms with Crippen LogP contribution in [-0.4, -0.2) is 16.7 Å². The van der Waals surface area contributed by atoms with Crippen LogP contribution in [0.15, 0.2) is 24.3 Å². The molecule has 0 radical (unpaired) electrons. The molecule has 0 saturated carbocycles. The van der Waals surface area contributed by atoms with Gasteiger partial charge in [0, 0.05) is 28.0 Å². The lowest BCUT2D eigenvalue weighted by Gasteiger charge is -2.19. The van der Waals surface area contributed by atoms with Crippen LogP contribution < -0.4 is 11.5 Å². The highest BCUT2D eigenvalue weighted by molar-refractivity contribution is 7.21. The zero-order chi connectivity index (χ0) is 17.7. The number of aromatic nitrogens is 1. The smallest absolute Gasteiger partial charge is 0.260 e. The molecule has 0 aliphatic heterocycles. The first-order valence-corrected chi connectivity index (χ1v) is 9.00. The number of hydrogen-bond acceptors (Lipinski definition) is 5. The summed E-state index contributed by atoms with van der Waals surface area (Å²) in [5.74, 6) is -0.543. The number of nitrogen functional groups attached to an aromatic ring is 1. The summed E-state index contributed by atoms with van der Waals surface area (Å²) in [7, 11) is 0. The van der Waals surface area contributed by atoms with Gasteiger partial charge in [0.05, 0.1) is 11.4 Å². The van der Waals surface area contributed by atoms with Crippen molar-refractivity contribution in [1.29, 1.82) is 0 Å². The van der Waals surface area contributed by atoms with E-state index in [0.717, 1.165) is 29.7 Å². The Morgan fingerprint density at radius 2 is 1.88 bits per heavy atom. The highest BCUT2D eigenvalue weighted by atomic mass is 35.5. The Labute approximate surface area is 152 Å². The van der Waals surface area contributed by atoms with Crippen LogP contribution in [0.25, 0.3) is 21.3 Å². The Bertz CT molecular complexity index is 1040. The molecule has 3 aromatic rings. The highest BCUT2D eigenvalue weighted by Gasteiger charge is 2.28. The Hall–Kier alpha value is -2.44. The van der Waals surface area contributed by atoms with Gasteiger partial charge < -0.3 is 11.5 Å². The summed E-state index contributed by atoms with van der Waals surface area (Å²) in [5, 5.41) is 1.22. The summed E-state index contributed by atoms with van der Waals surface area (Å²) >= 11 is 7.17. The number of ketones is 1. The molecule has 1 aliphatic rings. The van der Waals surface area contributed by atoms with Gasteiger partial charge in [-0.1, -0.05) is 23.7 Å². The van der Waals surface area contributed by atoms with Gasteiger partial charge in [0.15, 0.2) is 5.78 Å².